The number of hydrogen-bond acceptors (Lipinski definition) is 6. The van der Waals surface area contributed by atoms with E-state index in [2.05, 4.69) is 6.92 Å². The van der Waals surface area contributed by atoms with Gasteiger partial charge in [-0.15, -0.1) is 0 Å². The van der Waals surface area contributed by atoms with E-state index in [1.807, 2.05) is 0 Å². The maximum absolute atomic E-state index is 9.85. The van der Waals surface area contributed by atoms with Crippen LogP contribution in [-0.4, -0.2) is 68.8 Å². The fourth-order valence-corrected chi connectivity index (χ4v) is 3.20. The molecule has 6 nitrogen and oxygen atoms in total. The van der Waals surface area contributed by atoms with E-state index in [1.54, 1.807) is 0 Å². The highest BCUT2D eigenvalue weighted by molar-refractivity contribution is 4.99. The highest BCUT2D eigenvalue weighted by Crippen LogP contribution is 2.24. The molecule has 0 aromatic carbocycles. The first-order valence-corrected chi connectivity index (χ1v) is 9.52. The Morgan fingerprint density at radius 2 is 0.917 bits per heavy atom. The summed E-state index contributed by atoms with van der Waals surface area (Å²) in [6.45, 7) is 2.57. The van der Waals surface area contributed by atoms with Gasteiger partial charge in [-0.2, -0.15) is 0 Å². The summed E-state index contributed by atoms with van der Waals surface area (Å²) in [5.74, 6) is 0. The monoisotopic (exact) mass is 348 g/mol. The van der Waals surface area contributed by atoms with Gasteiger partial charge in [0.05, 0.1) is 0 Å². The molecule has 1 saturated carbocycles. The van der Waals surface area contributed by atoms with Crippen LogP contribution in [0.4, 0.5) is 0 Å². The Morgan fingerprint density at radius 3 is 1.38 bits per heavy atom. The Bertz CT molecular complexity index is 298. The predicted molar refractivity (Wildman–Crippen MR) is 91.6 cm³/mol. The molecule has 2 unspecified atom stereocenters. The third kappa shape index (κ3) is 6.94. The molecule has 0 spiro atoms. The summed E-state index contributed by atoms with van der Waals surface area (Å²) in [5.41, 5.74) is 0. The zero-order chi connectivity index (χ0) is 17.9. The lowest BCUT2D eigenvalue weighted by Gasteiger charge is -2.41. The van der Waals surface area contributed by atoms with Crippen molar-refractivity contribution in [1.82, 2.24) is 0 Å². The van der Waals surface area contributed by atoms with E-state index >= 15 is 0 Å². The van der Waals surface area contributed by atoms with Crippen molar-refractivity contribution >= 4 is 0 Å². The lowest BCUT2D eigenvalue weighted by atomic mass is 9.85. The number of hydrogen-bond donors (Lipinski definition) is 5. The molecule has 0 aromatic rings. The normalized spacial score (nSPS) is 33.8. The molecule has 0 bridgehead atoms. The molecule has 24 heavy (non-hydrogen) atoms. The average Bonchev–Trinajstić information content (AvgIpc) is 2.58. The van der Waals surface area contributed by atoms with Crippen LogP contribution in [0.2, 0.25) is 0 Å². The molecular weight excluding hydrogens is 312 g/mol. The van der Waals surface area contributed by atoms with Crippen molar-refractivity contribution < 1.29 is 30.3 Å². The van der Waals surface area contributed by atoms with Gasteiger partial charge in [0.25, 0.3) is 0 Å². The van der Waals surface area contributed by atoms with E-state index in [0.29, 0.717) is 6.61 Å². The van der Waals surface area contributed by atoms with Gasteiger partial charge in [-0.05, 0) is 6.42 Å². The average molecular weight is 348 g/mol. The maximum Gasteiger partial charge on any atom is 0.114 e. The Kier molecular flexibility index (Phi) is 11.1. The number of rotatable bonds is 12. The fraction of sp³-hybridized carbons (Fsp3) is 1.00. The molecule has 0 heterocycles. The van der Waals surface area contributed by atoms with E-state index in [0.717, 1.165) is 19.3 Å². The van der Waals surface area contributed by atoms with Gasteiger partial charge in [-0.3, -0.25) is 0 Å². The molecule has 1 rings (SSSR count). The van der Waals surface area contributed by atoms with Crippen LogP contribution in [0.15, 0.2) is 0 Å². The van der Waals surface area contributed by atoms with Crippen LogP contribution in [0.1, 0.15) is 71.1 Å². The van der Waals surface area contributed by atoms with Crippen molar-refractivity contribution in [2.24, 2.45) is 0 Å². The molecule has 1 aliphatic rings. The second kappa shape index (κ2) is 12.2. The van der Waals surface area contributed by atoms with E-state index in [4.69, 9.17) is 4.74 Å². The number of unbranched alkanes of at least 4 members (excludes halogenated alkanes) is 9. The number of ether oxygens (including phenoxy) is 1. The predicted octanol–water partition coefficient (Wildman–Crippen LogP) is 1.11. The largest absolute Gasteiger partial charge is 0.387 e. The second-order valence-corrected chi connectivity index (χ2v) is 6.97. The van der Waals surface area contributed by atoms with Crippen molar-refractivity contribution in [3.8, 4) is 0 Å². The summed E-state index contributed by atoms with van der Waals surface area (Å²) in [6, 6.07) is 0. The minimum absolute atomic E-state index is 0.352. The van der Waals surface area contributed by atoms with Crippen LogP contribution in [0.5, 0.6) is 0 Å². The van der Waals surface area contributed by atoms with Gasteiger partial charge < -0.3 is 30.3 Å². The van der Waals surface area contributed by atoms with Gasteiger partial charge in [-0.1, -0.05) is 64.7 Å². The summed E-state index contributed by atoms with van der Waals surface area (Å²) in [5, 5.41) is 48.5. The summed E-state index contributed by atoms with van der Waals surface area (Å²) < 4.78 is 5.44. The molecule has 1 fully saturated rings. The van der Waals surface area contributed by atoms with Crippen molar-refractivity contribution in [3.05, 3.63) is 0 Å². The summed E-state index contributed by atoms with van der Waals surface area (Å²) in [4.78, 5) is 0. The molecule has 144 valence electrons. The minimum atomic E-state index is -1.56. The van der Waals surface area contributed by atoms with Gasteiger partial charge in [0.1, 0.15) is 36.6 Å². The smallest absolute Gasteiger partial charge is 0.114 e. The molecule has 0 saturated heterocycles. The van der Waals surface area contributed by atoms with Gasteiger partial charge in [0.2, 0.25) is 0 Å². The molecule has 6 heteroatoms. The van der Waals surface area contributed by atoms with Crippen molar-refractivity contribution in [3.63, 3.8) is 0 Å². The van der Waals surface area contributed by atoms with Crippen LogP contribution >= 0.6 is 0 Å². The molecule has 1 aliphatic carbocycles. The van der Waals surface area contributed by atoms with Crippen molar-refractivity contribution in [2.75, 3.05) is 6.61 Å². The molecule has 0 aliphatic heterocycles. The van der Waals surface area contributed by atoms with Crippen LogP contribution < -0.4 is 0 Å². The number of aliphatic hydroxyl groups excluding tert-OH is 5. The molecule has 6 atom stereocenters. The van der Waals surface area contributed by atoms with Crippen LogP contribution in [0.3, 0.4) is 0 Å². The van der Waals surface area contributed by atoms with Gasteiger partial charge in [-0.25, -0.2) is 0 Å². The zero-order valence-corrected chi connectivity index (χ0v) is 14.9. The Balaban J connectivity index is 2.06. The maximum atomic E-state index is 9.85. The van der Waals surface area contributed by atoms with Gasteiger partial charge in [0, 0.05) is 6.61 Å². The lowest BCUT2D eigenvalue weighted by Crippen LogP contribution is -2.64. The van der Waals surface area contributed by atoms with E-state index in [9.17, 15) is 25.5 Å². The summed E-state index contributed by atoms with van der Waals surface area (Å²) >= 11 is 0. The summed E-state index contributed by atoms with van der Waals surface area (Å²) in [6.07, 6.45) is 3.54. The topological polar surface area (TPSA) is 110 Å². The molecule has 0 amide bonds. The first-order chi connectivity index (χ1) is 11.5. The third-order valence-electron chi connectivity index (χ3n) is 4.88. The highest BCUT2D eigenvalue weighted by atomic mass is 16.5. The van der Waals surface area contributed by atoms with Crippen LogP contribution in [-0.2, 0) is 4.74 Å². The SMILES string of the molecule is CCCCCCCCCCCCOC1[C@H](O)[C@H](O)C(O)[C@H](O)[C@H]1O. The molecular formula is C18H36O6. The van der Waals surface area contributed by atoms with Crippen LogP contribution in [0.25, 0.3) is 0 Å². The molecule has 0 aromatic heterocycles. The van der Waals surface area contributed by atoms with Gasteiger partial charge in [0.15, 0.2) is 0 Å². The molecule has 5 N–H and O–H groups in total. The highest BCUT2D eigenvalue weighted by Gasteiger charge is 2.48. The first-order valence-electron chi connectivity index (χ1n) is 9.52. The van der Waals surface area contributed by atoms with Crippen molar-refractivity contribution in [1.29, 1.82) is 0 Å². The Hall–Kier alpha value is -0.240. The lowest BCUT2D eigenvalue weighted by molar-refractivity contribution is -0.235. The van der Waals surface area contributed by atoms with Crippen molar-refractivity contribution in [2.45, 2.75) is 108 Å². The summed E-state index contributed by atoms with van der Waals surface area (Å²) in [7, 11) is 0. The Morgan fingerprint density at radius 1 is 0.542 bits per heavy atom. The zero-order valence-electron chi connectivity index (χ0n) is 14.9. The third-order valence-corrected chi connectivity index (χ3v) is 4.88. The van der Waals surface area contributed by atoms with Crippen LogP contribution in [0, 0.1) is 0 Å². The quantitative estimate of drug-likeness (QED) is 0.338. The first kappa shape index (κ1) is 21.8. The fourth-order valence-electron chi connectivity index (χ4n) is 3.20. The Labute approximate surface area is 145 Å². The molecule has 0 radical (unpaired) electrons. The van der Waals surface area contributed by atoms with E-state index in [1.165, 1.54) is 44.9 Å². The van der Waals surface area contributed by atoms with E-state index < -0.39 is 36.6 Å². The second-order valence-electron chi connectivity index (χ2n) is 6.97. The standard InChI is InChI=1S/C18H36O6/c1-2-3-4-5-6-7-8-9-10-11-12-24-18-16(22)14(20)13(19)15(21)17(18)23/h13-23H,2-12H2,1H3/t13?,14-,15+,16-,17-,18?/m1/s1. The van der Waals surface area contributed by atoms with Gasteiger partial charge >= 0.3 is 0 Å². The minimum Gasteiger partial charge on any atom is -0.387 e. The van der Waals surface area contributed by atoms with E-state index in [-0.39, 0.29) is 0 Å². The number of aliphatic hydroxyl groups is 5.